The smallest absolute Gasteiger partial charge is 0.168 e. The molecule has 4 aromatic rings. The van der Waals surface area contributed by atoms with E-state index in [0.29, 0.717) is 19.8 Å². The number of aromatic nitrogens is 4. The second-order valence-corrected chi connectivity index (χ2v) is 6.69. The van der Waals surface area contributed by atoms with E-state index in [1.807, 2.05) is 41.1 Å². The summed E-state index contributed by atoms with van der Waals surface area (Å²) in [7, 11) is 1.66. The zero-order valence-corrected chi connectivity index (χ0v) is 16.5. The van der Waals surface area contributed by atoms with Gasteiger partial charge in [-0.25, -0.2) is 14.6 Å². The third-order valence-electron chi connectivity index (χ3n) is 4.55. The second-order valence-electron chi connectivity index (χ2n) is 6.69. The highest BCUT2D eigenvalue weighted by Crippen LogP contribution is 2.22. The molecule has 0 aliphatic heterocycles. The number of hydrogen-bond acceptors (Lipinski definition) is 6. The first-order valence-electron chi connectivity index (χ1n) is 9.45. The minimum atomic E-state index is 0.540. The molecule has 148 valence electrons. The largest absolute Gasteiger partial charge is 0.491 e. The van der Waals surface area contributed by atoms with Crippen LogP contribution in [0.3, 0.4) is 0 Å². The van der Waals surface area contributed by atoms with Crippen molar-refractivity contribution < 1.29 is 9.47 Å². The minimum Gasteiger partial charge on any atom is -0.491 e. The van der Waals surface area contributed by atoms with Crippen molar-refractivity contribution in [3.05, 3.63) is 72.2 Å². The van der Waals surface area contributed by atoms with Gasteiger partial charge < -0.3 is 14.8 Å². The average molecular weight is 389 g/mol. The van der Waals surface area contributed by atoms with Gasteiger partial charge in [-0.1, -0.05) is 24.3 Å². The van der Waals surface area contributed by atoms with Gasteiger partial charge in [0.1, 0.15) is 24.5 Å². The molecule has 0 fully saturated rings. The molecule has 0 aliphatic rings. The van der Waals surface area contributed by atoms with E-state index in [4.69, 9.17) is 9.47 Å². The normalized spacial score (nSPS) is 11.0. The van der Waals surface area contributed by atoms with Crippen LogP contribution in [-0.2, 0) is 11.3 Å². The Bertz CT molecular complexity index is 1090. The molecule has 0 aliphatic carbocycles. The molecule has 0 atom stereocenters. The number of fused-ring (bicyclic) bond motifs is 1. The van der Waals surface area contributed by atoms with Crippen LogP contribution in [-0.4, -0.2) is 40.1 Å². The Morgan fingerprint density at radius 2 is 1.90 bits per heavy atom. The van der Waals surface area contributed by atoms with Crippen molar-refractivity contribution in [2.45, 2.75) is 13.5 Å². The Balaban J connectivity index is 1.49. The second kappa shape index (κ2) is 8.70. The Kier molecular flexibility index (Phi) is 5.67. The molecule has 0 unspecified atom stereocenters. The molecule has 0 radical (unpaired) electrons. The lowest BCUT2D eigenvalue weighted by molar-refractivity contribution is 0.146. The summed E-state index contributed by atoms with van der Waals surface area (Å²) < 4.78 is 12.4. The molecule has 29 heavy (non-hydrogen) atoms. The van der Waals surface area contributed by atoms with Gasteiger partial charge in [-0.3, -0.25) is 0 Å². The maximum Gasteiger partial charge on any atom is 0.168 e. The molecule has 7 nitrogen and oxygen atoms in total. The van der Waals surface area contributed by atoms with Gasteiger partial charge >= 0.3 is 0 Å². The Morgan fingerprint density at radius 1 is 1.03 bits per heavy atom. The van der Waals surface area contributed by atoms with Crippen LogP contribution < -0.4 is 10.1 Å². The van der Waals surface area contributed by atoms with Crippen molar-refractivity contribution in [2.24, 2.45) is 0 Å². The van der Waals surface area contributed by atoms with Gasteiger partial charge in [0.05, 0.1) is 23.9 Å². The predicted molar refractivity (Wildman–Crippen MR) is 113 cm³/mol. The fourth-order valence-corrected chi connectivity index (χ4v) is 3.07. The third-order valence-corrected chi connectivity index (χ3v) is 4.55. The van der Waals surface area contributed by atoms with Crippen LogP contribution in [0.1, 0.15) is 11.1 Å². The molecule has 0 spiro atoms. The number of rotatable bonds is 8. The maximum atomic E-state index is 5.60. The number of methoxy groups -OCH3 is 1. The van der Waals surface area contributed by atoms with Gasteiger partial charge in [0.15, 0.2) is 5.65 Å². The summed E-state index contributed by atoms with van der Waals surface area (Å²) in [5.41, 5.74) is 4.05. The third kappa shape index (κ3) is 4.35. The molecule has 7 heteroatoms. The molecule has 2 aromatic heterocycles. The van der Waals surface area contributed by atoms with E-state index in [1.54, 1.807) is 19.6 Å². The Labute approximate surface area is 169 Å². The molecule has 0 amide bonds. The minimum absolute atomic E-state index is 0.540. The lowest BCUT2D eigenvalue weighted by atomic mass is 10.2. The highest BCUT2D eigenvalue weighted by atomic mass is 16.5. The first kappa shape index (κ1) is 18.9. The number of aryl methyl sites for hydroxylation is 1. The van der Waals surface area contributed by atoms with Crippen LogP contribution in [0.25, 0.3) is 16.7 Å². The predicted octanol–water partition coefficient (Wildman–Crippen LogP) is 3.76. The van der Waals surface area contributed by atoms with Crippen molar-refractivity contribution in [3.8, 4) is 11.4 Å². The first-order valence-corrected chi connectivity index (χ1v) is 9.45. The van der Waals surface area contributed by atoms with E-state index in [2.05, 4.69) is 39.4 Å². The molecular formula is C22H23N5O2. The van der Waals surface area contributed by atoms with Crippen LogP contribution >= 0.6 is 0 Å². The van der Waals surface area contributed by atoms with Gasteiger partial charge in [-0.15, -0.1) is 0 Å². The van der Waals surface area contributed by atoms with E-state index in [9.17, 15) is 0 Å². The number of anilines is 1. The van der Waals surface area contributed by atoms with Gasteiger partial charge in [0.2, 0.25) is 0 Å². The summed E-state index contributed by atoms with van der Waals surface area (Å²) in [5.74, 6) is 1.59. The molecule has 0 saturated carbocycles. The van der Waals surface area contributed by atoms with E-state index >= 15 is 0 Å². The molecule has 4 rings (SSSR count). The van der Waals surface area contributed by atoms with Gasteiger partial charge in [0.25, 0.3) is 0 Å². The molecule has 2 aromatic carbocycles. The SMILES string of the molecule is COCCOc1ccc(CNc2ncnc3c2cnn3-c2cccc(C)c2)cc1. The number of ether oxygens (including phenoxy) is 2. The van der Waals surface area contributed by atoms with Crippen LogP contribution in [0, 0.1) is 6.92 Å². The lowest BCUT2D eigenvalue weighted by Crippen LogP contribution is -2.05. The fourth-order valence-electron chi connectivity index (χ4n) is 3.07. The zero-order valence-electron chi connectivity index (χ0n) is 16.5. The molecule has 0 bridgehead atoms. The number of nitrogens with zero attached hydrogens (tertiary/aromatic N) is 4. The number of benzene rings is 2. The summed E-state index contributed by atoms with van der Waals surface area (Å²) in [5, 5.41) is 8.79. The number of hydrogen-bond donors (Lipinski definition) is 1. The quantitative estimate of drug-likeness (QED) is 0.463. The highest BCUT2D eigenvalue weighted by Gasteiger charge is 2.11. The summed E-state index contributed by atoms with van der Waals surface area (Å²) in [6.45, 7) is 3.81. The Hall–Kier alpha value is -3.45. The molecular weight excluding hydrogens is 366 g/mol. The van der Waals surface area contributed by atoms with Crippen molar-refractivity contribution in [2.75, 3.05) is 25.6 Å². The average Bonchev–Trinajstić information content (AvgIpc) is 3.18. The zero-order chi connectivity index (χ0) is 20.1. The van der Waals surface area contributed by atoms with Crippen molar-refractivity contribution in [1.29, 1.82) is 0 Å². The summed E-state index contributed by atoms with van der Waals surface area (Å²) in [6, 6.07) is 16.2. The lowest BCUT2D eigenvalue weighted by Gasteiger charge is -2.09. The van der Waals surface area contributed by atoms with Crippen molar-refractivity contribution in [1.82, 2.24) is 19.7 Å². The van der Waals surface area contributed by atoms with E-state index < -0.39 is 0 Å². The maximum absolute atomic E-state index is 5.60. The standard InChI is InChI=1S/C22H23N5O2/c1-16-4-3-5-18(12-16)27-22-20(14-26-27)21(24-15-25-22)23-13-17-6-8-19(9-7-17)29-11-10-28-2/h3-9,12,14-15H,10-11,13H2,1-2H3,(H,23,24,25). The summed E-state index contributed by atoms with van der Waals surface area (Å²) in [6.07, 6.45) is 3.36. The van der Waals surface area contributed by atoms with Crippen molar-refractivity contribution >= 4 is 16.9 Å². The summed E-state index contributed by atoms with van der Waals surface area (Å²) >= 11 is 0. The molecule has 1 N–H and O–H groups in total. The summed E-state index contributed by atoms with van der Waals surface area (Å²) in [4.78, 5) is 8.83. The van der Waals surface area contributed by atoms with Gasteiger partial charge in [-0.2, -0.15) is 5.10 Å². The monoisotopic (exact) mass is 389 g/mol. The van der Waals surface area contributed by atoms with E-state index in [0.717, 1.165) is 33.9 Å². The molecule has 2 heterocycles. The van der Waals surface area contributed by atoms with Gasteiger partial charge in [0, 0.05) is 13.7 Å². The van der Waals surface area contributed by atoms with Crippen LogP contribution in [0.4, 0.5) is 5.82 Å². The number of nitrogens with one attached hydrogen (secondary N) is 1. The Morgan fingerprint density at radius 3 is 2.69 bits per heavy atom. The van der Waals surface area contributed by atoms with E-state index in [1.165, 1.54) is 5.56 Å². The highest BCUT2D eigenvalue weighted by molar-refractivity contribution is 5.87. The first-order chi connectivity index (χ1) is 14.2. The fraction of sp³-hybridized carbons (Fsp3) is 0.227. The van der Waals surface area contributed by atoms with Crippen molar-refractivity contribution in [3.63, 3.8) is 0 Å². The van der Waals surface area contributed by atoms with Crippen LogP contribution in [0.5, 0.6) is 5.75 Å². The van der Waals surface area contributed by atoms with Gasteiger partial charge in [-0.05, 0) is 42.3 Å². The topological polar surface area (TPSA) is 74.1 Å². The van der Waals surface area contributed by atoms with Crippen LogP contribution in [0.15, 0.2) is 61.1 Å². The van der Waals surface area contributed by atoms with Crippen LogP contribution in [0.2, 0.25) is 0 Å². The van der Waals surface area contributed by atoms with E-state index in [-0.39, 0.29) is 0 Å². The molecule has 0 saturated heterocycles.